The van der Waals surface area contributed by atoms with Crippen molar-refractivity contribution in [3.8, 4) is 23.0 Å². The summed E-state index contributed by atoms with van der Waals surface area (Å²) in [6.45, 7) is 16.0. The summed E-state index contributed by atoms with van der Waals surface area (Å²) in [5, 5.41) is 0. The molecule has 0 aromatic heterocycles. The smallest absolute Gasteiger partial charge is 0.640 e. The molecule has 2 fully saturated rings. The molecule has 353 valence electrons. The van der Waals surface area contributed by atoms with Crippen molar-refractivity contribution in [3.63, 3.8) is 0 Å². The van der Waals surface area contributed by atoms with Crippen molar-refractivity contribution >= 4 is 22.7 Å². The van der Waals surface area contributed by atoms with E-state index >= 15 is 0 Å². The molecule has 8 aromatic rings. The van der Waals surface area contributed by atoms with Crippen LogP contribution in [0.5, 0.6) is 23.0 Å². The Morgan fingerprint density at radius 2 is 0.671 bits per heavy atom. The van der Waals surface area contributed by atoms with Gasteiger partial charge in [0.05, 0.1) is 11.4 Å². The number of nitrogens with zero attached hydrogens (tertiary/aromatic N) is 4. The summed E-state index contributed by atoms with van der Waals surface area (Å²) in [5.74, 6) is 3.17. The molecular formula is C61H63N6O2Zr. The van der Waals surface area contributed by atoms with Crippen LogP contribution in [0.2, 0.25) is 0 Å². The summed E-state index contributed by atoms with van der Waals surface area (Å²) in [5.41, 5.74) is 32.1. The average Bonchev–Trinajstić information content (AvgIpc) is 3.91. The number of aryl methyl sites for hydroxylation is 6. The maximum atomic E-state index is 8.94. The summed E-state index contributed by atoms with van der Waals surface area (Å²) in [6.07, 6.45) is 1.20. The monoisotopic (exact) mass is 1000 g/mol. The van der Waals surface area contributed by atoms with Crippen LogP contribution in [-0.2, 0) is 26.2 Å². The van der Waals surface area contributed by atoms with Gasteiger partial charge in [-0.1, -0.05) is 132 Å². The van der Waals surface area contributed by atoms with E-state index < -0.39 is 12.6 Å². The molecule has 8 aromatic carbocycles. The second-order valence-electron chi connectivity index (χ2n) is 17.7. The molecule has 0 bridgehead atoms. The van der Waals surface area contributed by atoms with Gasteiger partial charge in [0.15, 0.2) is 11.5 Å². The van der Waals surface area contributed by atoms with E-state index in [2.05, 4.69) is 140 Å². The van der Waals surface area contributed by atoms with E-state index in [1.807, 2.05) is 121 Å². The van der Waals surface area contributed by atoms with Crippen molar-refractivity contribution in [2.45, 2.75) is 54.1 Å². The maximum Gasteiger partial charge on any atom is 3.00 e. The first kappa shape index (κ1) is 51.1. The Morgan fingerprint density at radius 3 is 1.01 bits per heavy atom. The molecule has 0 spiro atoms. The first-order chi connectivity index (χ1) is 33.5. The summed E-state index contributed by atoms with van der Waals surface area (Å²) >= 11 is 0. The quantitative estimate of drug-likeness (QED) is 0.127. The van der Waals surface area contributed by atoms with Crippen molar-refractivity contribution in [2.75, 3.05) is 45.8 Å². The second-order valence-corrected chi connectivity index (χ2v) is 17.7. The predicted molar refractivity (Wildman–Crippen MR) is 288 cm³/mol. The molecule has 0 amide bonds. The van der Waals surface area contributed by atoms with Gasteiger partial charge in [-0.25, -0.2) is 0 Å². The Kier molecular flexibility index (Phi) is 17.6. The first-order valence-electron chi connectivity index (χ1n) is 23.8. The summed E-state index contributed by atoms with van der Waals surface area (Å²) in [7, 11) is 0. The van der Waals surface area contributed by atoms with Crippen molar-refractivity contribution in [1.82, 2.24) is 0 Å². The maximum absolute atomic E-state index is 8.94. The van der Waals surface area contributed by atoms with Crippen LogP contribution in [0.1, 0.15) is 44.5 Å². The molecule has 9 heteroatoms. The van der Waals surface area contributed by atoms with Gasteiger partial charge in [0.1, 0.15) is 11.5 Å². The number of anilines is 4. The summed E-state index contributed by atoms with van der Waals surface area (Å²) in [6, 6.07) is 65.1. The van der Waals surface area contributed by atoms with Crippen molar-refractivity contribution in [2.24, 2.45) is 0 Å². The van der Waals surface area contributed by atoms with Crippen LogP contribution < -0.4 is 29.1 Å². The minimum atomic E-state index is -0.486. The van der Waals surface area contributed by atoms with Gasteiger partial charge in [0, 0.05) is 50.1 Å². The van der Waals surface area contributed by atoms with Crippen LogP contribution in [0.15, 0.2) is 194 Å². The minimum absolute atomic E-state index is 0. The fourth-order valence-electron chi connectivity index (χ4n) is 9.56. The molecule has 2 N–H and O–H groups in total. The van der Waals surface area contributed by atoms with Crippen LogP contribution in [-0.4, -0.2) is 38.8 Å². The molecule has 0 saturated carbocycles. The van der Waals surface area contributed by atoms with Crippen LogP contribution in [0.3, 0.4) is 0 Å². The zero-order valence-corrected chi connectivity index (χ0v) is 43.6. The van der Waals surface area contributed by atoms with Gasteiger partial charge in [-0.15, -0.1) is 41.8 Å². The molecule has 0 aliphatic carbocycles. The molecule has 8 nitrogen and oxygen atoms in total. The van der Waals surface area contributed by atoms with E-state index in [1.165, 1.54) is 55.9 Å². The number of nitrogens with one attached hydrogen (secondary N) is 2. The number of hydrogen-bond donors (Lipinski definition) is 0. The molecule has 70 heavy (non-hydrogen) atoms. The van der Waals surface area contributed by atoms with Gasteiger partial charge in [-0.3, -0.25) is 0 Å². The standard InChI is InChI=1S/2C24H26N3O.C13H11.Zr/c2*1-17-15-18(2)23(19(3)16-17)27-14-13-26(24(27)25)21-11-7-8-12-22(21)28-20-9-5-4-6-10-20;1-3-7-12(8-4-1)11-13-9-5-2-6-10-13;/h2*4-12,15-16,24-25H,13-14H2,1-3H3;1-11H;/q3*-1;+3. The zero-order valence-electron chi connectivity index (χ0n) is 41.1. The van der Waals surface area contributed by atoms with Gasteiger partial charge >= 0.3 is 26.2 Å². The molecule has 2 aliphatic heterocycles. The third-order valence-corrected chi connectivity index (χ3v) is 12.4. The van der Waals surface area contributed by atoms with E-state index in [-0.39, 0.29) is 26.2 Å². The van der Waals surface area contributed by atoms with Crippen LogP contribution >= 0.6 is 0 Å². The van der Waals surface area contributed by atoms with Gasteiger partial charge in [0.2, 0.25) is 0 Å². The molecule has 2 saturated heterocycles. The zero-order chi connectivity index (χ0) is 48.3. The van der Waals surface area contributed by atoms with Crippen molar-refractivity contribution in [3.05, 3.63) is 257 Å². The Labute approximate surface area is 435 Å². The largest absolute Gasteiger partial charge is 3.00 e. The summed E-state index contributed by atoms with van der Waals surface area (Å²) < 4.78 is 12.3. The first-order valence-corrected chi connectivity index (χ1v) is 23.8. The number of benzene rings is 8. The molecule has 1 radical (unpaired) electrons. The minimum Gasteiger partial charge on any atom is -0.640 e. The third kappa shape index (κ3) is 12.5. The third-order valence-electron chi connectivity index (χ3n) is 12.4. The summed E-state index contributed by atoms with van der Waals surface area (Å²) in [4.78, 5) is 8.58. The van der Waals surface area contributed by atoms with Crippen LogP contribution in [0.4, 0.5) is 22.7 Å². The predicted octanol–water partition coefficient (Wildman–Crippen LogP) is 15.4. The number of ether oxygens (including phenoxy) is 2. The van der Waals surface area contributed by atoms with Crippen molar-refractivity contribution < 1.29 is 35.7 Å². The normalized spacial score (nSPS) is 15.0. The number of rotatable bonds is 10. The van der Waals surface area contributed by atoms with E-state index in [9.17, 15) is 0 Å². The fourth-order valence-corrected chi connectivity index (χ4v) is 9.56. The fraction of sp³-hybridized carbons (Fsp3) is 0.197. The second kappa shape index (κ2) is 24.2. The Bertz CT molecular complexity index is 2660. The Hall–Kier alpha value is -6.77. The molecular weight excluding hydrogens is 940 g/mol. The van der Waals surface area contributed by atoms with E-state index in [0.29, 0.717) is 0 Å². The SMILES string of the molecule is Cc1cc(C)c(N2CCN(c3ccccc3Oc3ccccc3)C2[NH-])c(C)c1.Cc1cc(C)c(N2CCN(c3ccccc3Oc3ccccc3)C2[NH-])c(C)c1.[Zr+3].c1ccc([CH-]c2ccccc2)cc1. The average molecular weight is 1000 g/mol. The Balaban J connectivity index is 0.000000164. The van der Waals surface area contributed by atoms with E-state index in [1.54, 1.807) is 0 Å². The number of hydrogen-bond acceptors (Lipinski definition) is 6. The van der Waals surface area contributed by atoms with E-state index in [4.69, 9.17) is 20.9 Å². The molecule has 10 rings (SSSR count). The van der Waals surface area contributed by atoms with E-state index in [0.717, 1.165) is 60.6 Å². The van der Waals surface area contributed by atoms with Crippen molar-refractivity contribution in [1.29, 1.82) is 0 Å². The van der Waals surface area contributed by atoms with Crippen LogP contribution in [0, 0.1) is 48.0 Å². The van der Waals surface area contributed by atoms with Gasteiger partial charge in [-0.05, 0) is 112 Å². The van der Waals surface area contributed by atoms with Gasteiger partial charge in [0.25, 0.3) is 0 Å². The number of para-hydroxylation sites is 6. The molecule has 2 heterocycles. The molecule has 2 atom stereocenters. The topological polar surface area (TPSA) is 79.0 Å². The van der Waals surface area contributed by atoms with Crippen LogP contribution in [0.25, 0.3) is 11.5 Å². The molecule has 2 unspecified atom stereocenters. The molecule has 2 aliphatic rings. The van der Waals surface area contributed by atoms with Gasteiger partial charge in [-0.2, -0.15) is 0 Å². The van der Waals surface area contributed by atoms with Gasteiger partial charge < -0.3 is 40.5 Å². The Morgan fingerprint density at radius 1 is 0.386 bits per heavy atom.